The molecule has 1 heterocycles. The highest BCUT2D eigenvalue weighted by molar-refractivity contribution is 5.63. The molecule has 1 fully saturated rings. The normalized spacial score (nSPS) is 16.0. The van der Waals surface area contributed by atoms with Crippen LogP contribution in [-0.2, 0) is 11.3 Å². The molecule has 0 unspecified atom stereocenters. The van der Waals surface area contributed by atoms with Crippen molar-refractivity contribution in [3.63, 3.8) is 0 Å². The van der Waals surface area contributed by atoms with Gasteiger partial charge in [0.05, 0.1) is 0 Å². The van der Waals surface area contributed by atoms with Crippen LogP contribution in [0.25, 0.3) is 11.1 Å². The van der Waals surface area contributed by atoms with Crippen molar-refractivity contribution in [1.82, 2.24) is 5.32 Å². The van der Waals surface area contributed by atoms with E-state index in [1.807, 2.05) is 0 Å². The van der Waals surface area contributed by atoms with E-state index >= 15 is 0 Å². The third kappa shape index (κ3) is 4.16. The highest BCUT2D eigenvalue weighted by atomic mass is 16.5. The van der Waals surface area contributed by atoms with Crippen molar-refractivity contribution in [3.8, 4) is 11.1 Å². The van der Waals surface area contributed by atoms with E-state index in [1.165, 1.54) is 29.5 Å². The van der Waals surface area contributed by atoms with Crippen molar-refractivity contribution in [3.05, 3.63) is 60.2 Å². The Hall–Kier alpha value is -1.64. The van der Waals surface area contributed by atoms with Gasteiger partial charge in [0.2, 0.25) is 0 Å². The Morgan fingerprint density at radius 3 is 2.24 bits per heavy atom. The van der Waals surface area contributed by atoms with Gasteiger partial charge in [0.25, 0.3) is 0 Å². The monoisotopic (exact) mass is 281 g/mol. The van der Waals surface area contributed by atoms with Crippen LogP contribution < -0.4 is 5.32 Å². The molecule has 0 bridgehead atoms. The molecule has 2 nitrogen and oxygen atoms in total. The predicted octanol–water partition coefficient (Wildman–Crippen LogP) is 3.87. The largest absolute Gasteiger partial charge is 0.381 e. The lowest BCUT2D eigenvalue weighted by Gasteiger charge is -2.22. The van der Waals surface area contributed by atoms with Crippen molar-refractivity contribution in [1.29, 1.82) is 0 Å². The Kier molecular flexibility index (Phi) is 5.03. The topological polar surface area (TPSA) is 21.3 Å². The molecule has 1 aliphatic rings. The van der Waals surface area contributed by atoms with E-state index in [0.29, 0.717) is 0 Å². The van der Waals surface area contributed by atoms with Crippen molar-refractivity contribution in [2.45, 2.75) is 19.4 Å². The molecule has 0 amide bonds. The average Bonchev–Trinajstić information content (AvgIpc) is 2.57. The van der Waals surface area contributed by atoms with Crippen LogP contribution in [0.5, 0.6) is 0 Å². The summed E-state index contributed by atoms with van der Waals surface area (Å²) in [5, 5.41) is 3.58. The fourth-order valence-corrected chi connectivity index (χ4v) is 2.82. The summed E-state index contributed by atoms with van der Waals surface area (Å²) in [7, 11) is 0. The molecule has 3 rings (SSSR count). The highest BCUT2D eigenvalue weighted by Crippen LogP contribution is 2.19. The van der Waals surface area contributed by atoms with Crippen LogP contribution in [-0.4, -0.2) is 19.8 Å². The SMILES string of the molecule is c1ccc(-c2ccc(CNCC3CCOCC3)cc2)cc1. The highest BCUT2D eigenvalue weighted by Gasteiger charge is 2.12. The molecule has 1 N–H and O–H groups in total. The molecule has 2 heteroatoms. The molecule has 0 aromatic heterocycles. The molecule has 0 atom stereocenters. The number of benzene rings is 2. The van der Waals surface area contributed by atoms with Crippen molar-refractivity contribution in [2.75, 3.05) is 19.8 Å². The third-order valence-electron chi connectivity index (χ3n) is 4.16. The molecule has 110 valence electrons. The fourth-order valence-electron chi connectivity index (χ4n) is 2.82. The van der Waals surface area contributed by atoms with E-state index in [1.54, 1.807) is 0 Å². The first-order chi connectivity index (χ1) is 10.4. The van der Waals surface area contributed by atoms with E-state index in [2.05, 4.69) is 59.9 Å². The number of rotatable bonds is 5. The zero-order valence-electron chi connectivity index (χ0n) is 12.4. The number of ether oxygens (including phenoxy) is 1. The molecular formula is C19H23NO. The van der Waals surface area contributed by atoms with Crippen LogP contribution in [0, 0.1) is 5.92 Å². The first-order valence-corrected chi connectivity index (χ1v) is 7.84. The second kappa shape index (κ2) is 7.39. The van der Waals surface area contributed by atoms with E-state index < -0.39 is 0 Å². The van der Waals surface area contributed by atoms with Crippen LogP contribution in [0.4, 0.5) is 0 Å². The van der Waals surface area contributed by atoms with Crippen LogP contribution in [0.2, 0.25) is 0 Å². The van der Waals surface area contributed by atoms with Crippen molar-refractivity contribution in [2.24, 2.45) is 5.92 Å². The Morgan fingerprint density at radius 1 is 0.857 bits per heavy atom. The van der Waals surface area contributed by atoms with Crippen LogP contribution in [0.15, 0.2) is 54.6 Å². The molecule has 21 heavy (non-hydrogen) atoms. The second-order valence-electron chi connectivity index (χ2n) is 5.75. The third-order valence-corrected chi connectivity index (χ3v) is 4.16. The number of hydrogen-bond donors (Lipinski definition) is 1. The van der Waals surface area contributed by atoms with Gasteiger partial charge < -0.3 is 10.1 Å². The maximum absolute atomic E-state index is 5.39. The minimum absolute atomic E-state index is 0.780. The summed E-state index contributed by atoms with van der Waals surface area (Å²) in [4.78, 5) is 0. The average molecular weight is 281 g/mol. The summed E-state index contributed by atoms with van der Waals surface area (Å²) in [5.41, 5.74) is 3.91. The molecule has 0 aliphatic carbocycles. The fraction of sp³-hybridized carbons (Fsp3) is 0.368. The van der Waals surface area contributed by atoms with Gasteiger partial charge in [0.15, 0.2) is 0 Å². The number of nitrogens with one attached hydrogen (secondary N) is 1. The quantitative estimate of drug-likeness (QED) is 0.898. The van der Waals surface area contributed by atoms with Gasteiger partial charge in [-0.25, -0.2) is 0 Å². The van der Waals surface area contributed by atoms with E-state index in [4.69, 9.17) is 4.74 Å². The van der Waals surface area contributed by atoms with Crippen LogP contribution in [0.1, 0.15) is 18.4 Å². The summed E-state index contributed by atoms with van der Waals surface area (Å²) >= 11 is 0. The maximum atomic E-state index is 5.39. The maximum Gasteiger partial charge on any atom is 0.0469 e. The standard InChI is InChI=1S/C19H23NO/c1-2-4-18(5-3-1)19-8-6-16(7-9-19)14-20-15-17-10-12-21-13-11-17/h1-9,17,20H,10-15H2. The first kappa shape index (κ1) is 14.3. The molecule has 0 radical (unpaired) electrons. The number of hydrogen-bond acceptors (Lipinski definition) is 2. The molecule has 2 aromatic carbocycles. The zero-order valence-corrected chi connectivity index (χ0v) is 12.4. The van der Waals surface area contributed by atoms with Crippen LogP contribution >= 0.6 is 0 Å². The van der Waals surface area contributed by atoms with Gasteiger partial charge in [-0.3, -0.25) is 0 Å². The first-order valence-electron chi connectivity index (χ1n) is 7.84. The zero-order chi connectivity index (χ0) is 14.3. The van der Waals surface area contributed by atoms with Gasteiger partial charge in [0, 0.05) is 19.8 Å². The van der Waals surface area contributed by atoms with Gasteiger partial charge in [0.1, 0.15) is 0 Å². The molecule has 1 saturated heterocycles. The van der Waals surface area contributed by atoms with Crippen LogP contribution in [0.3, 0.4) is 0 Å². The molecule has 2 aromatic rings. The summed E-state index contributed by atoms with van der Waals surface area (Å²) in [6.07, 6.45) is 2.39. The minimum atomic E-state index is 0.780. The molecule has 0 saturated carbocycles. The van der Waals surface area contributed by atoms with Gasteiger partial charge >= 0.3 is 0 Å². The molecular weight excluding hydrogens is 258 g/mol. The summed E-state index contributed by atoms with van der Waals surface area (Å²) in [5.74, 6) is 0.780. The minimum Gasteiger partial charge on any atom is -0.381 e. The Morgan fingerprint density at radius 2 is 1.52 bits per heavy atom. The van der Waals surface area contributed by atoms with Gasteiger partial charge in [-0.2, -0.15) is 0 Å². The molecule has 1 aliphatic heterocycles. The van der Waals surface area contributed by atoms with E-state index in [9.17, 15) is 0 Å². The second-order valence-corrected chi connectivity index (χ2v) is 5.75. The van der Waals surface area contributed by atoms with Crippen molar-refractivity contribution < 1.29 is 4.74 Å². The summed E-state index contributed by atoms with van der Waals surface area (Å²) in [6.45, 7) is 3.91. The van der Waals surface area contributed by atoms with E-state index in [0.717, 1.165) is 32.2 Å². The lowest BCUT2D eigenvalue weighted by Crippen LogP contribution is -2.27. The Bertz CT molecular complexity index is 529. The smallest absolute Gasteiger partial charge is 0.0469 e. The summed E-state index contributed by atoms with van der Waals surface area (Å²) in [6, 6.07) is 19.4. The lowest BCUT2D eigenvalue weighted by molar-refractivity contribution is 0.0662. The van der Waals surface area contributed by atoms with Gasteiger partial charge in [-0.1, -0.05) is 54.6 Å². The van der Waals surface area contributed by atoms with E-state index in [-0.39, 0.29) is 0 Å². The summed E-state index contributed by atoms with van der Waals surface area (Å²) < 4.78 is 5.39. The Labute approximate surface area is 127 Å². The van der Waals surface area contributed by atoms with Gasteiger partial charge in [-0.05, 0) is 42.0 Å². The molecule has 0 spiro atoms. The predicted molar refractivity (Wildman–Crippen MR) is 87.1 cm³/mol. The van der Waals surface area contributed by atoms with Crippen molar-refractivity contribution >= 4 is 0 Å². The Balaban J connectivity index is 1.50. The van der Waals surface area contributed by atoms with Gasteiger partial charge in [-0.15, -0.1) is 0 Å². The lowest BCUT2D eigenvalue weighted by atomic mass is 10.0.